The molecule has 5 N–H and O–H groups in total. The number of phenols is 2. The van der Waals surface area contributed by atoms with Crippen molar-refractivity contribution in [2.24, 2.45) is 0 Å². The Hall–Kier alpha value is -5.45. The minimum Gasteiger partial charge on any atom is -0.504 e. The maximum Gasteiger partial charge on any atom is 0.336 e. The van der Waals surface area contributed by atoms with Crippen LogP contribution in [0.5, 0.6) is 40.2 Å². The van der Waals surface area contributed by atoms with Crippen molar-refractivity contribution in [2.75, 3.05) is 39.9 Å². The number of fused-ring (bicyclic) bond motifs is 9. The minimum absolute atomic E-state index is 0.00947. The van der Waals surface area contributed by atoms with Crippen molar-refractivity contribution in [2.45, 2.75) is 67.9 Å². The average molecular weight is 836 g/mol. The lowest BCUT2D eigenvalue weighted by atomic mass is 9.74. The Labute approximate surface area is 350 Å². The van der Waals surface area contributed by atoms with Crippen molar-refractivity contribution < 1.29 is 53.3 Å². The quantitative estimate of drug-likeness (QED) is 0.106. The van der Waals surface area contributed by atoms with Gasteiger partial charge in [-0.05, 0) is 72.7 Å². The molecule has 0 radical (unpaired) electrons. The lowest BCUT2D eigenvalue weighted by Gasteiger charge is -2.59. The van der Waals surface area contributed by atoms with Crippen LogP contribution in [0.1, 0.15) is 67.4 Å². The zero-order chi connectivity index (χ0) is 41.6. The van der Waals surface area contributed by atoms with Crippen LogP contribution in [0, 0.1) is 13.8 Å². The van der Waals surface area contributed by atoms with Crippen LogP contribution in [-0.4, -0.2) is 90.4 Å². The second-order valence-electron chi connectivity index (χ2n) is 16.1. The lowest BCUT2D eigenvalue weighted by molar-refractivity contribution is -0.164. The molecule has 312 valence electrons. The highest BCUT2D eigenvalue weighted by atomic mass is 32.2. The first-order valence-corrected chi connectivity index (χ1v) is 21.1. The van der Waals surface area contributed by atoms with E-state index < -0.39 is 53.1 Å². The van der Waals surface area contributed by atoms with E-state index in [0.29, 0.717) is 64.5 Å². The number of aliphatic hydroxyl groups excluding tert-OH is 1. The summed E-state index contributed by atoms with van der Waals surface area (Å²) in [6.07, 6.45) is 2.94. The summed E-state index contributed by atoms with van der Waals surface area (Å²) in [4.78, 5) is 30.7. The van der Waals surface area contributed by atoms with E-state index in [-0.39, 0.29) is 42.2 Å². The van der Waals surface area contributed by atoms with Gasteiger partial charge in [0.25, 0.3) is 0 Å². The first-order valence-electron chi connectivity index (χ1n) is 20.0. The van der Waals surface area contributed by atoms with Gasteiger partial charge in [0, 0.05) is 46.7 Å². The number of benzene rings is 4. The van der Waals surface area contributed by atoms with Gasteiger partial charge < -0.3 is 49.1 Å². The Balaban J connectivity index is 1.20. The Morgan fingerprint density at radius 3 is 2.57 bits per heavy atom. The standard InChI is InChI=1S/C45H45N3O11S/c1-21-14-25-15-27-43(52)48-28-18-56-44(53)45(26-17-30(54-3)29(49)16-24(26)12-13-46-45)19-60-42(36(48)35(47-27)32(25)37(51)38(21)55-4)34-33(28)41-40(57-20-58-41)22(2)39(34)59-31(50)11-10-23-8-6-5-7-9-23/h5-11,14,16-17,27-28,35-36,42-43,46-47,49,51-52H,12-13,15,18-20H2,1-4H3/b11-10+/t27-,28+,35-,36-,42-,43+,45-/m1/s1. The maximum absolute atomic E-state index is 14.8. The van der Waals surface area contributed by atoms with Gasteiger partial charge in [-0.2, -0.15) is 0 Å². The van der Waals surface area contributed by atoms with Crippen molar-refractivity contribution in [1.29, 1.82) is 0 Å². The number of aromatic hydroxyl groups is 2. The third-order valence-corrected chi connectivity index (χ3v) is 14.4. The molecule has 0 aliphatic carbocycles. The Bertz CT molecular complexity index is 2480. The summed E-state index contributed by atoms with van der Waals surface area (Å²) < 4.78 is 36.5. The number of nitrogens with one attached hydrogen (secondary N) is 2. The van der Waals surface area contributed by atoms with E-state index in [1.54, 1.807) is 18.2 Å². The topological polar surface area (TPSA) is 178 Å². The summed E-state index contributed by atoms with van der Waals surface area (Å²) in [6, 6.07) is 12.3. The van der Waals surface area contributed by atoms with Gasteiger partial charge in [-0.15, -0.1) is 11.8 Å². The maximum atomic E-state index is 14.8. The van der Waals surface area contributed by atoms with Crippen molar-refractivity contribution in [3.8, 4) is 40.2 Å². The van der Waals surface area contributed by atoms with Crippen LogP contribution in [0.15, 0.2) is 54.6 Å². The van der Waals surface area contributed by atoms with E-state index in [1.807, 2.05) is 55.1 Å². The molecule has 11 rings (SSSR count). The number of esters is 2. The number of aliphatic hydroxyl groups is 1. The molecule has 7 heterocycles. The zero-order valence-electron chi connectivity index (χ0n) is 33.4. The van der Waals surface area contributed by atoms with Gasteiger partial charge in [-0.3, -0.25) is 10.2 Å². The molecule has 0 unspecified atom stereocenters. The number of methoxy groups -OCH3 is 2. The molecular weight excluding hydrogens is 791 g/mol. The van der Waals surface area contributed by atoms with E-state index in [0.717, 1.165) is 22.3 Å². The van der Waals surface area contributed by atoms with Crippen LogP contribution in [-0.2, 0) is 32.7 Å². The molecule has 4 aromatic rings. The Kier molecular flexibility index (Phi) is 9.44. The highest BCUT2D eigenvalue weighted by molar-refractivity contribution is 7.99. The Morgan fingerprint density at radius 1 is 0.983 bits per heavy atom. The fourth-order valence-corrected chi connectivity index (χ4v) is 12.0. The van der Waals surface area contributed by atoms with Crippen molar-refractivity contribution in [1.82, 2.24) is 15.5 Å². The lowest BCUT2D eigenvalue weighted by Crippen LogP contribution is -2.69. The van der Waals surface area contributed by atoms with E-state index in [4.69, 9.17) is 28.4 Å². The molecule has 2 saturated heterocycles. The number of carbonyl (C=O) groups is 2. The Morgan fingerprint density at radius 2 is 1.78 bits per heavy atom. The second kappa shape index (κ2) is 14.6. The van der Waals surface area contributed by atoms with Crippen LogP contribution in [0.2, 0.25) is 0 Å². The summed E-state index contributed by atoms with van der Waals surface area (Å²) in [5, 5.41) is 41.9. The van der Waals surface area contributed by atoms with Crippen LogP contribution < -0.4 is 34.3 Å². The smallest absolute Gasteiger partial charge is 0.336 e. The van der Waals surface area contributed by atoms with Gasteiger partial charge >= 0.3 is 11.9 Å². The predicted octanol–water partition coefficient (Wildman–Crippen LogP) is 4.76. The molecular formula is C45H45N3O11S. The van der Waals surface area contributed by atoms with Crippen LogP contribution >= 0.6 is 11.8 Å². The number of thioether (sulfide) groups is 1. The molecule has 2 fully saturated rings. The van der Waals surface area contributed by atoms with Crippen molar-refractivity contribution in [3.63, 3.8) is 0 Å². The number of hydrogen-bond donors (Lipinski definition) is 5. The van der Waals surface area contributed by atoms with E-state index >= 15 is 0 Å². The SMILES string of the molecule is COc1cc2c(cc1O)CCN[C@]21CS[C@@H]2c3c(OC(=O)/C=C/c4ccccc4)c(C)c4c(c3[C@H](COC1=O)N1[C@@H]2[C@@H]2N[C@H](Cc3cc(C)c(OC)c(O)c32)[C@@H]1O)OCO4. The fourth-order valence-electron chi connectivity index (χ4n) is 10.3. The number of rotatable bonds is 5. The molecule has 4 aromatic carbocycles. The molecule has 14 nitrogen and oxygen atoms in total. The molecule has 4 bridgehead atoms. The van der Waals surface area contributed by atoms with E-state index in [9.17, 15) is 24.9 Å². The fraction of sp³-hybridized carbons (Fsp3) is 0.378. The number of aryl methyl sites for hydroxylation is 1. The molecule has 1 spiro atoms. The van der Waals surface area contributed by atoms with Gasteiger partial charge in [0.05, 0.1) is 37.6 Å². The molecule has 7 atom stereocenters. The van der Waals surface area contributed by atoms with Crippen LogP contribution in [0.4, 0.5) is 0 Å². The van der Waals surface area contributed by atoms with Gasteiger partial charge in [0.15, 0.2) is 40.0 Å². The van der Waals surface area contributed by atoms with Crippen molar-refractivity contribution >= 4 is 29.8 Å². The largest absolute Gasteiger partial charge is 0.504 e. The first-order chi connectivity index (χ1) is 29.0. The van der Waals surface area contributed by atoms with Gasteiger partial charge in [0.1, 0.15) is 18.6 Å². The number of phenolic OH excluding ortho intramolecular Hbond substituents is 2. The van der Waals surface area contributed by atoms with E-state index in [1.165, 1.54) is 32.1 Å². The second-order valence-corrected chi connectivity index (χ2v) is 17.2. The molecule has 0 amide bonds. The molecule has 7 aliphatic rings. The van der Waals surface area contributed by atoms with Crippen LogP contribution in [0.3, 0.4) is 0 Å². The number of ether oxygens (including phenoxy) is 6. The molecule has 0 aromatic heterocycles. The molecule has 7 aliphatic heterocycles. The third kappa shape index (κ3) is 5.77. The summed E-state index contributed by atoms with van der Waals surface area (Å²) in [7, 11) is 2.99. The third-order valence-electron chi connectivity index (χ3n) is 12.9. The summed E-state index contributed by atoms with van der Waals surface area (Å²) in [5.41, 5.74) is 4.91. The average Bonchev–Trinajstić information content (AvgIpc) is 3.74. The number of nitrogens with zero attached hydrogens (tertiary/aromatic N) is 1. The van der Waals surface area contributed by atoms with Gasteiger partial charge in [-0.25, -0.2) is 9.59 Å². The van der Waals surface area contributed by atoms with Crippen molar-refractivity contribution in [3.05, 3.63) is 105 Å². The number of piperazine rings is 1. The van der Waals surface area contributed by atoms with Gasteiger partial charge in [0.2, 0.25) is 6.79 Å². The first kappa shape index (κ1) is 38.7. The number of carbonyl (C=O) groups excluding carboxylic acids is 2. The highest BCUT2D eigenvalue weighted by Crippen LogP contribution is 2.63. The minimum atomic E-state index is -1.39. The molecule has 0 saturated carbocycles. The predicted molar refractivity (Wildman–Crippen MR) is 220 cm³/mol. The monoisotopic (exact) mass is 835 g/mol. The molecule has 60 heavy (non-hydrogen) atoms. The van der Waals surface area contributed by atoms with Crippen LogP contribution in [0.25, 0.3) is 6.08 Å². The summed E-state index contributed by atoms with van der Waals surface area (Å²) in [6.45, 7) is 3.82. The summed E-state index contributed by atoms with van der Waals surface area (Å²) >= 11 is 1.44. The summed E-state index contributed by atoms with van der Waals surface area (Å²) in [5.74, 6) is 0.640. The van der Waals surface area contributed by atoms with E-state index in [2.05, 4.69) is 10.6 Å². The molecule has 15 heteroatoms. The number of hydrogen-bond acceptors (Lipinski definition) is 15. The zero-order valence-corrected chi connectivity index (χ0v) is 34.3. The normalized spacial score (nSPS) is 27.4. The van der Waals surface area contributed by atoms with Gasteiger partial charge in [-0.1, -0.05) is 36.4 Å². The highest BCUT2D eigenvalue weighted by Gasteiger charge is 2.60.